The van der Waals surface area contributed by atoms with Crippen molar-refractivity contribution in [1.82, 2.24) is 24.8 Å². The van der Waals surface area contributed by atoms with Crippen LogP contribution in [-0.4, -0.2) is 70.5 Å². The van der Waals surface area contributed by atoms with Crippen LogP contribution in [0.4, 0.5) is 0 Å². The molecule has 0 atom stereocenters. The van der Waals surface area contributed by atoms with E-state index in [-0.39, 0.29) is 18.4 Å². The maximum absolute atomic E-state index is 12.3. The quantitative estimate of drug-likeness (QED) is 0.615. The van der Waals surface area contributed by atoms with Crippen molar-refractivity contribution in [3.63, 3.8) is 0 Å². The summed E-state index contributed by atoms with van der Waals surface area (Å²) in [4.78, 5) is 40.0. The van der Waals surface area contributed by atoms with Crippen LogP contribution in [-0.2, 0) is 4.79 Å². The number of likely N-dealkylation sites (N-methyl/N-ethyl adjacent to an activating group) is 2. The Morgan fingerprint density at radius 2 is 2.00 bits per heavy atom. The number of amides is 2. The molecule has 0 spiro atoms. The molecule has 0 radical (unpaired) electrons. The van der Waals surface area contributed by atoms with Crippen LogP contribution in [0.25, 0.3) is 10.3 Å². The average Bonchev–Trinajstić information content (AvgIpc) is 2.89. The van der Waals surface area contributed by atoms with E-state index >= 15 is 0 Å². The van der Waals surface area contributed by atoms with Crippen molar-refractivity contribution < 1.29 is 9.59 Å². The first kappa shape index (κ1) is 15.6. The molecular formula is C12H15N5O2S2. The lowest BCUT2D eigenvalue weighted by atomic mass is 10.4. The smallest absolute Gasteiger partial charge is 0.283 e. The second-order valence-electron chi connectivity index (χ2n) is 4.51. The first-order valence-electron chi connectivity index (χ1n) is 6.05. The lowest BCUT2D eigenvalue weighted by molar-refractivity contribution is -0.129. The Labute approximate surface area is 130 Å². The van der Waals surface area contributed by atoms with Crippen LogP contribution < -0.4 is 0 Å². The number of carbonyl (C=O) groups excluding carboxylic acids is 2. The van der Waals surface area contributed by atoms with Gasteiger partial charge in [0, 0.05) is 21.1 Å². The van der Waals surface area contributed by atoms with Gasteiger partial charge in [-0.2, -0.15) is 0 Å². The monoisotopic (exact) mass is 325 g/mol. The maximum atomic E-state index is 12.3. The summed E-state index contributed by atoms with van der Waals surface area (Å²) in [5.74, 6) is -0.434. The van der Waals surface area contributed by atoms with Gasteiger partial charge in [-0.1, -0.05) is 11.3 Å². The van der Waals surface area contributed by atoms with Crippen molar-refractivity contribution in [3.8, 4) is 0 Å². The molecule has 0 saturated heterocycles. The van der Waals surface area contributed by atoms with E-state index in [0.29, 0.717) is 15.4 Å². The molecule has 0 aromatic carbocycles. The molecular weight excluding hydrogens is 310 g/mol. The van der Waals surface area contributed by atoms with Gasteiger partial charge in [-0.25, -0.2) is 15.0 Å². The molecule has 2 heterocycles. The van der Waals surface area contributed by atoms with Crippen LogP contribution in [0.3, 0.4) is 0 Å². The number of thioether (sulfide) groups is 1. The van der Waals surface area contributed by atoms with Crippen LogP contribution in [0.15, 0.2) is 11.4 Å². The lowest BCUT2D eigenvalue weighted by Gasteiger charge is -2.17. The fourth-order valence-electron chi connectivity index (χ4n) is 1.55. The topological polar surface area (TPSA) is 79.3 Å². The Bertz CT molecular complexity index is 685. The fourth-order valence-corrected chi connectivity index (χ4v) is 3.01. The van der Waals surface area contributed by atoms with Gasteiger partial charge in [-0.05, 0) is 6.26 Å². The van der Waals surface area contributed by atoms with E-state index in [4.69, 9.17) is 0 Å². The summed E-state index contributed by atoms with van der Waals surface area (Å²) in [6.07, 6.45) is 3.35. The normalized spacial score (nSPS) is 10.7. The Hall–Kier alpha value is -1.74. The van der Waals surface area contributed by atoms with Crippen molar-refractivity contribution in [2.45, 2.75) is 5.03 Å². The molecule has 0 unspecified atom stereocenters. The van der Waals surface area contributed by atoms with E-state index in [1.54, 1.807) is 21.1 Å². The molecule has 2 amide bonds. The molecule has 0 aliphatic carbocycles. The SMILES string of the molecule is CSc1ncnc2sc(C(=O)N(C)CC(=O)N(C)C)nc12. The van der Waals surface area contributed by atoms with E-state index in [9.17, 15) is 9.59 Å². The van der Waals surface area contributed by atoms with Crippen molar-refractivity contribution in [1.29, 1.82) is 0 Å². The minimum Gasteiger partial charge on any atom is -0.347 e. The Morgan fingerprint density at radius 1 is 1.29 bits per heavy atom. The summed E-state index contributed by atoms with van der Waals surface area (Å²) in [6, 6.07) is 0. The van der Waals surface area contributed by atoms with Crippen molar-refractivity contribution >= 4 is 45.3 Å². The molecule has 2 aromatic heterocycles. The number of carbonyl (C=O) groups is 2. The maximum Gasteiger partial charge on any atom is 0.283 e. The van der Waals surface area contributed by atoms with Gasteiger partial charge in [0.25, 0.3) is 5.91 Å². The summed E-state index contributed by atoms with van der Waals surface area (Å²) >= 11 is 2.66. The second kappa shape index (κ2) is 6.35. The number of fused-ring (bicyclic) bond motifs is 1. The third kappa shape index (κ3) is 3.30. The number of nitrogens with zero attached hydrogens (tertiary/aromatic N) is 5. The number of rotatable bonds is 4. The minimum absolute atomic E-state index is 0.0167. The van der Waals surface area contributed by atoms with Gasteiger partial charge in [0.2, 0.25) is 5.91 Å². The summed E-state index contributed by atoms with van der Waals surface area (Å²) in [6.45, 7) is 0.0167. The Morgan fingerprint density at radius 3 is 2.62 bits per heavy atom. The largest absolute Gasteiger partial charge is 0.347 e. The highest BCUT2D eigenvalue weighted by atomic mass is 32.2. The second-order valence-corrected chi connectivity index (χ2v) is 6.28. The fraction of sp³-hybridized carbons (Fsp3) is 0.417. The first-order valence-corrected chi connectivity index (χ1v) is 8.09. The van der Waals surface area contributed by atoms with Crippen LogP contribution >= 0.6 is 23.1 Å². The molecule has 0 fully saturated rings. The number of hydrogen-bond acceptors (Lipinski definition) is 7. The molecule has 9 heteroatoms. The molecule has 2 aromatic rings. The van der Waals surface area contributed by atoms with E-state index < -0.39 is 0 Å². The molecule has 0 aliphatic rings. The van der Waals surface area contributed by atoms with Crippen LogP contribution in [0.1, 0.15) is 9.80 Å². The zero-order valence-electron chi connectivity index (χ0n) is 12.2. The minimum atomic E-state index is -0.291. The van der Waals surface area contributed by atoms with Gasteiger partial charge >= 0.3 is 0 Å². The third-order valence-electron chi connectivity index (χ3n) is 2.76. The highest BCUT2D eigenvalue weighted by Gasteiger charge is 2.21. The molecule has 21 heavy (non-hydrogen) atoms. The highest BCUT2D eigenvalue weighted by molar-refractivity contribution is 7.98. The standard InChI is InChI=1S/C12H15N5O2S2/c1-16(2)7(18)5-17(3)12(19)11-15-8-9(20-4)13-6-14-10(8)21-11/h6H,5H2,1-4H3. The Balaban J connectivity index is 2.25. The zero-order chi connectivity index (χ0) is 15.6. The Kier molecular flexibility index (Phi) is 4.73. The molecule has 2 rings (SSSR count). The molecule has 112 valence electrons. The number of hydrogen-bond donors (Lipinski definition) is 0. The predicted octanol–water partition coefficient (Wildman–Crippen LogP) is 0.968. The summed E-state index contributed by atoms with van der Waals surface area (Å²) < 4.78 is 0. The van der Waals surface area contributed by atoms with Crippen molar-refractivity contribution in [2.75, 3.05) is 33.9 Å². The highest BCUT2D eigenvalue weighted by Crippen LogP contribution is 2.26. The van der Waals surface area contributed by atoms with Crippen molar-refractivity contribution in [3.05, 3.63) is 11.3 Å². The van der Waals surface area contributed by atoms with Gasteiger partial charge < -0.3 is 9.80 Å². The lowest BCUT2D eigenvalue weighted by Crippen LogP contribution is -2.37. The van der Waals surface area contributed by atoms with Gasteiger partial charge in [-0.3, -0.25) is 9.59 Å². The number of thiazole rings is 1. The molecule has 0 N–H and O–H groups in total. The van der Waals surface area contributed by atoms with Gasteiger partial charge in [-0.15, -0.1) is 11.8 Å². The predicted molar refractivity (Wildman–Crippen MR) is 82.6 cm³/mol. The van der Waals surface area contributed by atoms with E-state index in [0.717, 1.165) is 5.03 Å². The van der Waals surface area contributed by atoms with Crippen LogP contribution in [0, 0.1) is 0 Å². The first-order chi connectivity index (χ1) is 9.93. The number of aromatic nitrogens is 3. The van der Waals surface area contributed by atoms with E-state index in [1.807, 2.05) is 6.26 Å². The average molecular weight is 325 g/mol. The molecule has 0 aliphatic heterocycles. The van der Waals surface area contributed by atoms with E-state index in [1.165, 1.54) is 39.2 Å². The van der Waals surface area contributed by atoms with Crippen LogP contribution in [0.5, 0.6) is 0 Å². The summed E-state index contributed by atoms with van der Waals surface area (Å²) in [5, 5.41) is 1.05. The van der Waals surface area contributed by atoms with Crippen LogP contribution in [0.2, 0.25) is 0 Å². The van der Waals surface area contributed by atoms with E-state index in [2.05, 4.69) is 15.0 Å². The molecule has 0 saturated carbocycles. The van der Waals surface area contributed by atoms with Gasteiger partial charge in [0.1, 0.15) is 21.7 Å². The van der Waals surface area contributed by atoms with Crippen molar-refractivity contribution in [2.24, 2.45) is 0 Å². The molecule has 7 nitrogen and oxygen atoms in total. The third-order valence-corrected chi connectivity index (χ3v) is 4.39. The van der Waals surface area contributed by atoms with Gasteiger partial charge in [0.05, 0.1) is 6.54 Å². The summed E-state index contributed by atoms with van der Waals surface area (Å²) in [5.41, 5.74) is 0.630. The van der Waals surface area contributed by atoms with Gasteiger partial charge in [0.15, 0.2) is 5.01 Å². The summed E-state index contributed by atoms with van der Waals surface area (Å²) in [7, 11) is 4.88. The molecule has 0 bridgehead atoms. The zero-order valence-corrected chi connectivity index (χ0v) is 13.8.